The van der Waals surface area contributed by atoms with Gasteiger partial charge in [-0.15, -0.1) is 11.8 Å². The van der Waals surface area contributed by atoms with Gasteiger partial charge >= 0.3 is 0 Å². The van der Waals surface area contributed by atoms with Crippen molar-refractivity contribution in [3.8, 4) is 6.07 Å². The number of aromatic nitrogens is 1. The van der Waals surface area contributed by atoms with Crippen LogP contribution in [0.3, 0.4) is 0 Å². The molecule has 1 aromatic heterocycles. The molecule has 21 heavy (non-hydrogen) atoms. The summed E-state index contributed by atoms with van der Waals surface area (Å²) < 4.78 is 0. The van der Waals surface area contributed by atoms with E-state index in [9.17, 15) is 4.79 Å². The van der Waals surface area contributed by atoms with Gasteiger partial charge in [-0.05, 0) is 24.3 Å². The third kappa shape index (κ3) is 4.51. The summed E-state index contributed by atoms with van der Waals surface area (Å²) in [6.07, 6.45) is 1.93. The van der Waals surface area contributed by atoms with Gasteiger partial charge in [0, 0.05) is 12.2 Å². The fraction of sp³-hybridized carbons (Fsp3) is 0.133. The molecule has 2 rings (SSSR count). The van der Waals surface area contributed by atoms with Gasteiger partial charge < -0.3 is 11.1 Å². The van der Waals surface area contributed by atoms with Crippen LogP contribution in [0, 0.1) is 11.3 Å². The van der Waals surface area contributed by atoms with Crippen LogP contribution < -0.4 is 11.1 Å². The quantitative estimate of drug-likeness (QED) is 0.828. The van der Waals surface area contributed by atoms with E-state index in [0.717, 1.165) is 5.03 Å². The maximum atomic E-state index is 11.9. The highest BCUT2D eigenvalue weighted by atomic mass is 32.2. The summed E-state index contributed by atoms with van der Waals surface area (Å²) in [5, 5.41) is 12.5. The van der Waals surface area contributed by atoms with E-state index < -0.39 is 0 Å². The number of nitrogen functional groups attached to an aromatic ring is 1. The lowest BCUT2D eigenvalue weighted by Crippen LogP contribution is -2.13. The second-order valence-electron chi connectivity index (χ2n) is 4.23. The molecule has 0 aliphatic carbocycles. The van der Waals surface area contributed by atoms with E-state index in [2.05, 4.69) is 10.3 Å². The Hall–Kier alpha value is -2.52. The molecule has 0 saturated carbocycles. The van der Waals surface area contributed by atoms with Crippen LogP contribution in [-0.4, -0.2) is 16.6 Å². The molecular weight excluding hydrogens is 284 g/mol. The molecule has 1 aromatic carbocycles. The summed E-state index contributed by atoms with van der Waals surface area (Å²) in [4.78, 5) is 16.0. The van der Waals surface area contributed by atoms with E-state index >= 15 is 0 Å². The van der Waals surface area contributed by atoms with Gasteiger partial charge in [0.15, 0.2) is 0 Å². The Morgan fingerprint density at radius 3 is 2.86 bits per heavy atom. The Bertz CT molecular complexity index is 664. The second-order valence-corrected chi connectivity index (χ2v) is 5.35. The molecular formula is C15H14N4OS. The number of rotatable bonds is 5. The number of amides is 1. The average Bonchev–Trinajstić information content (AvgIpc) is 2.50. The van der Waals surface area contributed by atoms with Gasteiger partial charge in [-0.3, -0.25) is 4.79 Å². The molecule has 0 fully saturated rings. The third-order valence-electron chi connectivity index (χ3n) is 2.66. The number of hydrogen-bond donors (Lipinski definition) is 2. The van der Waals surface area contributed by atoms with Gasteiger partial charge in [0.05, 0.1) is 28.2 Å². The minimum Gasteiger partial charge on any atom is -0.397 e. The smallest absolute Gasteiger partial charge is 0.225 e. The summed E-state index contributed by atoms with van der Waals surface area (Å²) in [7, 11) is 0. The van der Waals surface area contributed by atoms with Crippen molar-refractivity contribution in [1.29, 1.82) is 5.26 Å². The number of hydrogen-bond acceptors (Lipinski definition) is 5. The van der Waals surface area contributed by atoms with E-state index in [-0.39, 0.29) is 5.91 Å². The van der Waals surface area contributed by atoms with Gasteiger partial charge in [0.25, 0.3) is 0 Å². The molecule has 5 nitrogen and oxygen atoms in total. The van der Waals surface area contributed by atoms with Crippen molar-refractivity contribution in [2.75, 3.05) is 16.8 Å². The average molecular weight is 298 g/mol. The van der Waals surface area contributed by atoms with Crippen LogP contribution in [-0.2, 0) is 4.79 Å². The zero-order valence-electron chi connectivity index (χ0n) is 11.2. The van der Waals surface area contributed by atoms with Crippen LogP contribution in [0.15, 0.2) is 47.6 Å². The Balaban J connectivity index is 1.82. The maximum absolute atomic E-state index is 11.9. The van der Waals surface area contributed by atoms with Gasteiger partial charge in [-0.25, -0.2) is 4.98 Å². The van der Waals surface area contributed by atoms with Crippen LogP contribution in [0.4, 0.5) is 11.4 Å². The number of pyridine rings is 1. The standard InChI is InChI=1S/C15H14N4OS/c16-9-11-3-1-2-4-13(11)19-14(20)7-8-21-15-6-5-12(17)10-18-15/h1-6,10H,7-8,17H2,(H,19,20). The van der Waals surface area contributed by atoms with Crippen molar-refractivity contribution in [1.82, 2.24) is 4.98 Å². The fourth-order valence-corrected chi connectivity index (χ4v) is 2.42. The predicted molar refractivity (Wildman–Crippen MR) is 83.8 cm³/mol. The molecule has 0 radical (unpaired) electrons. The van der Waals surface area contributed by atoms with Gasteiger partial charge in [0.2, 0.25) is 5.91 Å². The first-order valence-electron chi connectivity index (χ1n) is 6.32. The highest BCUT2D eigenvalue weighted by Gasteiger charge is 2.06. The first-order chi connectivity index (χ1) is 10.2. The highest BCUT2D eigenvalue weighted by Crippen LogP contribution is 2.18. The van der Waals surface area contributed by atoms with E-state index in [4.69, 9.17) is 11.0 Å². The summed E-state index contributed by atoms with van der Waals surface area (Å²) in [5.41, 5.74) is 7.17. The monoisotopic (exact) mass is 298 g/mol. The van der Waals surface area contributed by atoms with Gasteiger partial charge in [0.1, 0.15) is 6.07 Å². The molecule has 106 valence electrons. The van der Waals surface area contributed by atoms with Crippen molar-refractivity contribution >= 4 is 29.0 Å². The molecule has 0 aliphatic heterocycles. The number of carbonyl (C=O) groups is 1. The van der Waals surface area contributed by atoms with E-state index in [1.807, 2.05) is 12.1 Å². The Morgan fingerprint density at radius 2 is 2.14 bits per heavy atom. The van der Waals surface area contributed by atoms with Crippen molar-refractivity contribution in [2.45, 2.75) is 11.4 Å². The largest absolute Gasteiger partial charge is 0.397 e. The molecule has 0 unspecified atom stereocenters. The Labute approximate surface area is 127 Å². The van der Waals surface area contributed by atoms with Crippen LogP contribution in [0.2, 0.25) is 0 Å². The first kappa shape index (κ1) is 14.9. The Morgan fingerprint density at radius 1 is 1.33 bits per heavy atom. The summed E-state index contributed by atoms with van der Waals surface area (Å²) in [5.74, 6) is 0.484. The lowest BCUT2D eigenvalue weighted by Gasteiger charge is -2.06. The first-order valence-corrected chi connectivity index (χ1v) is 7.31. The van der Waals surface area contributed by atoms with Crippen molar-refractivity contribution < 1.29 is 4.79 Å². The van der Waals surface area contributed by atoms with Crippen LogP contribution in [0.25, 0.3) is 0 Å². The van der Waals surface area contributed by atoms with Crippen molar-refractivity contribution in [3.05, 3.63) is 48.2 Å². The Kier molecular flexibility index (Phi) is 5.18. The van der Waals surface area contributed by atoms with Gasteiger partial charge in [-0.2, -0.15) is 5.26 Å². The number of thioether (sulfide) groups is 1. The summed E-state index contributed by atoms with van der Waals surface area (Å²) in [6, 6.07) is 12.6. The number of para-hydroxylation sites is 1. The molecule has 0 bridgehead atoms. The lowest BCUT2D eigenvalue weighted by molar-refractivity contribution is -0.115. The third-order valence-corrected chi connectivity index (χ3v) is 3.61. The van der Waals surface area contributed by atoms with Crippen LogP contribution in [0.1, 0.15) is 12.0 Å². The number of benzene rings is 1. The summed E-state index contributed by atoms with van der Waals surface area (Å²) in [6.45, 7) is 0. The molecule has 3 N–H and O–H groups in total. The predicted octanol–water partition coefficient (Wildman–Crippen LogP) is 2.66. The zero-order valence-corrected chi connectivity index (χ0v) is 12.1. The highest BCUT2D eigenvalue weighted by molar-refractivity contribution is 7.99. The van der Waals surface area contributed by atoms with E-state index in [1.165, 1.54) is 11.8 Å². The zero-order chi connectivity index (χ0) is 15.1. The minimum atomic E-state index is -0.124. The molecule has 6 heteroatoms. The topological polar surface area (TPSA) is 91.8 Å². The number of nitrogens with two attached hydrogens (primary N) is 1. The molecule has 1 amide bonds. The van der Waals surface area contributed by atoms with Crippen LogP contribution in [0.5, 0.6) is 0 Å². The van der Waals surface area contributed by atoms with Gasteiger partial charge in [-0.1, -0.05) is 12.1 Å². The van der Waals surface area contributed by atoms with Crippen LogP contribution >= 0.6 is 11.8 Å². The number of carbonyl (C=O) groups excluding carboxylic acids is 1. The number of nitriles is 1. The molecule has 0 atom stereocenters. The van der Waals surface area contributed by atoms with Crippen molar-refractivity contribution in [2.24, 2.45) is 0 Å². The van der Waals surface area contributed by atoms with E-state index in [1.54, 1.807) is 36.5 Å². The SMILES string of the molecule is N#Cc1ccccc1NC(=O)CCSc1ccc(N)cn1. The normalized spacial score (nSPS) is 9.86. The van der Waals surface area contributed by atoms with E-state index in [0.29, 0.717) is 29.1 Å². The summed E-state index contributed by atoms with van der Waals surface area (Å²) >= 11 is 1.49. The molecule has 2 aromatic rings. The maximum Gasteiger partial charge on any atom is 0.225 e. The van der Waals surface area contributed by atoms with Crippen molar-refractivity contribution in [3.63, 3.8) is 0 Å². The number of anilines is 2. The molecule has 0 saturated heterocycles. The lowest BCUT2D eigenvalue weighted by atomic mass is 10.2. The second kappa shape index (κ2) is 7.31. The fourth-order valence-electron chi connectivity index (χ4n) is 1.63. The number of nitrogens with zero attached hydrogens (tertiary/aromatic N) is 2. The minimum absolute atomic E-state index is 0.124. The number of nitrogens with one attached hydrogen (secondary N) is 1. The molecule has 0 aliphatic rings. The molecule has 1 heterocycles. The molecule has 0 spiro atoms.